The summed E-state index contributed by atoms with van der Waals surface area (Å²) < 4.78 is 12.9. The predicted octanol–water partition coefficient (Wildman–Crippen LogP) is 3.54. The number of amides is 2. The van der Waals surface area contributed by atoms with Gasteiger partial charge in [-0.1, -0.05) is 29.8 Å². The number of hydrogen-bond acceptors (Lipinski definition) is 2. The molecule has 0 heterocycles. The summed E-state index contributed by atoms with van der Waals surface area (Å²) >= 11 is 0. The first-order valence-corrected chi connectivity index (χ1v) is 8.73. The van der Waals surface area contributed by atoms with E-state index in [1.807, 2.05) is 32.0 Å². The summed E-state index contributed by atoms with van der Waals surface area (Å²) in [5.74, 6) is -0.465. The molecule has 2 aromatic carbocycles. The number of carbonyl (C=O) groups is 2. The van der Waals surface area contributed by atoms with E-state index < -0.39 is 0 Å². The maximum absolute atomic E-state index is 12.9. The normalized spacial score (nSPS) is 10.5. The topological polar surface area (TPSA) is 49.4 Å². The average Bonchev–Trinajstić information content (AvgIpc) is 2.58. The van der Waals surface area contributed by atoms with Gasteiger partial charge in [-0.15, -0.1) is 0 Å². The summed E-state index contributed by atoms with van der Waals surface area (Å²) in [6, 6.07) is 12.1. The average molecular weight is 356 g/mol. The Kier molecular flexibility index (Phi) is 6.89. The van der Waals surface area contributed by atoms with E-state index in [-0.39, 0.29) is 24.1 Å². The van der Waals surface area contributed by atoms with Crippen LogP contribution >= 0.6 is 0 Å². The van der Waals surface area contributed by atoms with E-state index in [9.17, 15) is 14.0 Å². The third kappa shape index (κ3) is 5.69. The van der Waals surface area contributed by atoms with Crippen molar-refractivity contribution in [3.8, 4) is 0 Å². The van der Waals surface area contributed by atoms with Crippen LogP contribution < -0.4 is 10.2 Å². The minimum Gasteiger partial charge on any atom is -0.356 e. The maximum atomic E-state index is 12.9. The van der Waals surface area contributed by atoms with Gasteiger partial charge in [0.15, 0.2) is 0 Å². The second-order valence-corrected chi connectivity index (χ2v) is 6.44. The molecule has 0 unspecified atom stereocenters. The highest BCUT2D eigenvalue weighted by Gasteiger charge is 2.15. The Bertz CT molecular complexity index is 772. The van der Waals surface area contributed by atoms with Crippen molar-refractivity contribution in [3.05, 3.63) is 65.0 Å². The highest BCUT2D eigenvalue weighted by atomic mass is 19.1. The molecule has 2 rings (SSSR count). The third-order valence-corrected chi connectivity index (χ3v) is 4.23. The van der Waals surface area contributed by atoms with Gasteiger partial charge in [-0.25, -0.2) is 4.39 Å². The molecular formula is C21H25FN2O2. The number of rotatable bonds is 7. The number of carbonyl (C=O) groups excluding carboxylic acids is 2. The fourth-order valence-corrected chi connectivity index (χ4v) is 2.85. The monoisotopic (exact) mass is 356 g/mol. The van der Waals surface area contributed by atoms with Crippen molar-refractivity contribution in [2.45, 2.75) is 33.6 Å². The standard InChI is InChI=1S/C21H25FN2O2/c1-15-4-9-20(16(2)14-15)24(17(3)25)13-11-21(26)23-12-10-18-5-7-19(22)8-6-18/h4-9,14H,10-13H2,1-3H3,(H,23,26). The SMILES string of the molecule is CC(=O)N(CCC(=O)NCCc1ccc(F)cc1)c1ccc(C)cc1C. The second kappa shape index (κ2) is 9.13. The van der Waals surface area contributed by atoms with Gasteiger partial charge in [-0.2, -0.15) is 0 Å². The van der Waals surface area contributed by atoms with Gasteiger partial charge in [0, 0.05) is 32.1 Å². The summed E-state index contributed by atoms with van der Waals surface area (Å²) in [6.07, 6.45) is 0.871. The zero-order valence-corrected chi connectivity index (χ0v) is 15.5. The first-order valence-electron chi connectivity index (χ1n) is 8.73. The van der Waals surface area contributed by atoms with Crippen LogP contribution in [0.25, 0.3) is 0 Å². The molecule has 0 saturated heterocycles. The lowest BCUT2D eigenvalue weighted by molar-refractivity contribution is -0.121. The van der Waals surface area contributed by atoms with E-state index in [4.69, 9.17) is 0 Å². The molecule has 0 spiro atoms. The Morgan fingerprint density at radius 3 is 2.38 bits per heavy atom. The number of aryl methyl sites for hydroxylation is 2. The largest absolute Gasteiger partial charge is 0.356 e. The van der Waals surface area contributed by atoms with Crippen molar-refractivity contribution >= 4 is 17.5 Å². The molecule has 0 aliphatic heterocycles. The number of nitrogens with zero attached hydrogens (tertiary/aromatic N) is 1. The molecule has 26 heavy (non-hydrogen) atoms. The first kappa shape index (κ1) is 19.6. The van der Waals surface area contributed by atoms with Crippen LogP contribution in [0.1, 0.15) is 30.0 Å². The third-order valence-electron chi connectivity index (χ3n) is 4.23. The highest BCUT2D eigenvalue weighted by molar-refractivity contribution is 5.93. The Labute approximate surface area is 154 Å². The number of halogens is 1. The van der Waals surface area contributed by atoms with Crippen molar-refractivity contribution in [1.29, 1.82) is 0 Å². The van der Waals surface area contributed by atoms with Crippen LogP contribution in [0.2, 0.25) is 0 Å². The first-order chi connectivity index (χ1) is 12.4. The number of benzene rings is 2. The van der Waals surface area contributed by atoms with Crippen LogP contribution in [-0.2, 0) is 16.0 Å². The zero-order valence-electron chi connectivity index (χ0n) is 15.5. The van der Waals surface area contributed by atoms with Crippen molar-refractivity contribution in [2.24, 2.45) is 0 Å². The van der Waals surface area contributed by atoms with Gasteiger partial charge in [0.2, 0.25) is 11.8 Å². The van der Waals surface area contributed by atoms with Crippen molar-refractivity contribution in [1.82, 2.24) is 5.32 Å². The molecule has 0 aromatic heterocycles. The molecule has 0 radical (unpaired) electrons. The van der Waals surface area contributed by atoms with E-state index in [2.05, 4.69) is 5.32 Å². The van der Waals surface area contributed by atoms with Gasteiger partial charge in [0.25, 0.3) is 0 Å². The molecule has 2 aromatic rings. The van der Waals surface area contributed by atoms with Crippen LogP contribution in [0.15, 0.2) is 42.5 Å². The minimum absolute atomic E-state index is 0.0870. The van der Waals surface area contributed by atoms with Gasteiger partial charge in [0.05, 0.1) is 0 Å². The van der Waals surface area contributed by atoms with E-state index in [1.165, 1.54) is 19.1 Å². The molecule has 138 valence electrons. The summed E-state index contributed by atoms with van der Waals surface area (Å²) in [6.45, 7) is 6.28. The van der Waals surface area contributed by atoms with Crippen molar-refractivity contribution in [2.75, 3.05) is 18.0 Å². The number of anilines is 1. The molecule has 0 aliphatic carbocycles. The lowest BCUT2D eigenvalue weighted by atomic mass is 10.1. The molecule has 5 heteroatoms. The smallest absolute Gasteiger partial charge is 0.223 e. The number of nitrogens with one attached hydrogen (secondary N) is 1. The number of hydrogen-bond donors (Lipinski definition) is 1. The van der Waals surface area contributed by atoms with E-state index in [1.54, 1.807) is 17.0 Å². The highest BCUT2D eigenvalue weighted by Crippen LogP contribution is 2.21. The summed E-state index contributed by atoms with van der Waals surface area (Å²) in [5, 5.41) is 2.84. The maximum Gasteiger partial charge on any atom is 0.223 e. The van der Waals surface area contributed by atoms with Crippen LogP contribution in [0.3, 0.4) is 0 Å². The molecular weight excluding hydrogens is 331 g/mol. The Morgan fingerprint density at radius 1 is 1.08 bits per heavy atom. The molecule has 1 N–H and O–H groups in total. The van der Waals surface area contributed by atoms with Crippen LogP contribution in [-0.4, -0.2) is 24.9 Å². The van der Waals surface area contributed by atoms with Crippen LogP contribution in [0.5, 0.6) is 0 Å². The Hall–Kier alpha value is -2.69. The lowest BCUT2D eigenvalue weighted by Gasteiger charge is -2.23. The molecule has 0 aliphatic rings. The van der Waals surface area contributed by atoms with Crippen LogP contribution in [0, 0.1) is 19.7 Å². The molecule has 4 nitrogen and oxygen atoms in total. The molecule has 0 fully saturated rings. The van der Waals surface area contributed by atoms with Crippen molar-refractivity contribution in [3.63, 3.8) is 0 Å². The fourth-order valence-electron chi connectivity index (χ4n) is 2.85. The summed E-state index contributed by atoms with van der Waals surface area (Å²) in [4.78, 5) is 25.7. The van der Waals surface area contributed by atoms with Gasteiger partial charge in [-0.3, -0.25) is 9.59 Å². The summed E-state index contributed by atoms with van der Waals surface area (Å²) in [5.41, 5.74) is 3.94. The molecule has 0 bridgehead atoms. The molecule has 0 saturated carbocycles. The van der Waals surface area contributed by atoms with Gasteiger partial charge in [0.1, 0.15) is 5.82 Å². The van der Waals surface area contributed by atoms with E-state index in [0.717, 1.165) is 22.4 Å². The van der Waals surface area contributed by atoms with Crippen LogP contribution in [0.4, 0.5) is 10.1 Å². The van der Waals surface area contributed by atoms with Gasteiger partial charge < -0.3 is 10.2 Å². The van der Waals surface area contributed by atoms with Gasteiger partial charge >= 0.3 is 0 Å². The molecule has 2 amide bonds. The summed E-state index contributed by atoms with van der Waals surface area (Å²) in [7, 11) is 0. The van der Waals surface area contributed by atoms with Gasteiger partial charge in [-0.05, 0) is 49.6 Å². The second-order valence-electron chi connectivity index (χ2n) is 6.44. The lowest BCUT2D eigenvalue weighted by Crippen LogP contribution is -2.34. The van der Waals surface area contributed by atoms with Crippen molar-refractivity contribution < 1.29 is 14.0 Å². The zero-order chi connectivity index (χ0) is 19.1. The van der Waals surface area contributed by atoms with E-state index in [0.29, 0.717) is 19.5 Å². The predicted molar refractivity (Wildman–Crippen MR) is 102 cm³/mol. The Balaban J connectivity index is 1.85. The molecule has 0 atom stereocenters. The quantitative estimate of drug-likeness (QED) is 0.825. The minimum atomic E-state index is -0.270. The Morgan fingerprint density at radius 2 is 1.77 bits per heavy atom. The fraction of sp³-hybridized carbons (Fsp3) is 0.333. The van der Waals surface area contributed by atoms with E-state index >= 15 is 0 Å².